The van der Waals surface area contributed by atoms with Crippen molar-refractivity contribution < 1.29 is 4.79 Å². The number of nitrogens with one attached hydrogen (secondary N) is 1. The van der Waals surface area contributed by atoms with Gasteiger partial charge in [0.25, 0.3) is 0 Å². The number of fused-ring (bicyclic) bond motifs is 1. The van der Waals surface area contributed by atoms with Gasteiger partial charge in [0.05, 0.1) is 0 Å². The Hall–Kier alpha value is -2.03. The molecule has 0 aliphatic rings. The zero-order valence-electron chi connectivity index (χ0n) is 12.8. The average molecular weight is 284 g/mol. The number of hydrogen-bond acceptors (Lipinski definition) is 1. The summed E-state index contributed by atoms with van der Waals surface area (Å²) in [6, 6.07) is 8.29. The summed E-state index contributed by atoms with van der Waals surface area (Å²) in [5, 5.41) is 1.27. The van der Waals surface area contributed by atoms with Crippen molar-refractivity contribution in [3.8, 4) is 0 Å². The predicted octanol–water partition coefficient (Wildman–Crippen LogP) is 3.92. The van der Waals surface area contributed by atoms with Crippen LogP contribution in [-0.4, -0.2) is 28.9 Å². The Kier molecular flexibility index (Phi) is 5.61. The number of para-hydroxylation sites is 1. The summed E-state index contributed by atoms with van der Waals surface area (Å²) in [6.07, 6.45) is 7.27. The molecule has 21 heavy (non-hydrogen) atoms. The fourth-order valence-electron chi connectivity index (χ4n) is 2.67. The van der Waals surface area contributed by atoms with Gasteiger partial charge < -0.3 is 9.88 Å². The van der Waals surface area contributed by atoms with E-state index in [0.717, 1.165) is 31.3 Å². The lowest BCUT2D eigenvalue weighted by molar-refractivity contribution is -0.130. The highest BCUT2D eigenvalue weighted by molar-refractivity contribution is 5.83. The van der Waals surface area contributed by atoms with Gasteiger partial charge in [0.1, 0.15) is 0 Å². The molecule has 0 spiro atoms. The Morgan fingerprint density at radius 3 is 2.95 bits per heavy atom. The fourth-order valence-corrected chi connectivity index (χ4v) is 2.67. The number of rotatable bonds is 8. The van der Waals surface area contributed by atoms with Crippen LogP contribution in [0.25, 0.3) is 10.9 Å². The topological polar surface area (TPSA) is 36.1 Å². The molecule has 2 rings (SSSR count). The number of nitrogens with zero attached hydrogens (tertiary/aromatic N) is 1. The van der Waals surface area contributed by atoms with Gasteiger partial charge in [-0.25, -0.2) is 0 Å². The van der Waals surface area contributed by atoms with Crippen LogP contribution in [0.1, 0.15) is 31.7 Å². The highest BCUT2D eigenvalue weighted by Gasteiger charge is 2.11. The van der Waals surface area contributed by atoms with Crippen molar-refractivity contribution in [3.05, 3.63) is 48.7 Å². The molecule has 1 heterocycles. The standard InChI is InChI=1S/C18H24N2O/c1-3-12-20(13-4-2)18(21)11-7-8-15-14-19-17-10-6-5-9-16(15)17/h3,5-6,9-10,14,19H,1,4,7-8,11-13H2,2H3. The van der Waals surface area contributed by atoms with Crippen LogP contribution in [0.3, 0.4) is 0 Å². The van der Waals surface area contributed by atoms with Crippen molar-refractivity contribution in [1.82, 2.24) is 9.88 Å². The molecule has 0 saturated heterocycles. The van der Waals surface area contributed by atoms with E-state index in [1.807, 2.05) is 11.0 Å². The average Bonchev–Trinajstić information content (AvgIpc) is 2.90. The number of aromatic nitrogens is 1. The second-order valence-electron chi connectivity index (χ2n) is 5.34. The molecule has 0 radical (unpaired) electrons. The number of H-pyrrole nitrogens is 1. The largest absolute Gasteiger partial charge is 0.361 e. The first-order chi connectivity index (χ1) is 10.3. The molecule has 1 N–H and O–H groups in total. The molecule has 0 bridgehead atoms. The first-order valence-electron chi connectivity index (χ1n) is 7.70. The Bertz CT molecular complexity index is 600. The van der Waals surface area contributed by atoms with Crippen LogP contribution in [0.2, 0.25) is 0 Å². The summed E-state index contributed by atoms with van der Waals surface area (Å²) in [5.41, 5.74) is 2.46. The minimum atomic E-state index is 0.233. The molecule has 1 aromatic carbocycles. The SMILES string of the molecule is C=CCN(CCC)C(=O)CCCc1c[nH]c2ccccc12. The van der Waals surface area contributed by atoms with Crippen molar-refractivity contribution in [2.75, 3.05) is 13.1 Å². The molecule has 2 aromatic rings. The summed E-state index contributed by atoms with van der Waals surface area (Å²) in [4.78, 5) is 17.4. The lowest BCUT2D eigenvalue weighted by Crippen LogP contribution is -2.31. The third-order valence-corrected chi connectivity index (χ3v) is 3.71. The van der Waals surface area contributed by atoms with Crippen molar-refractivity contribution in [2.24, 2.45) is 0 Å². The third kappa shape index (κ3) is 3.97. The molecular weight excluding hydrogens is 260 g/mol. The van der Waals surface area contributed by atoms with E-state index >= 15 is 0 Å². The highest BCUT2D eigenvalue weighted by Crippen LogP contribution is 2.19. The van der Waals surface area contributed by atoms with E-state index in [-0.39, 0.29) is 5.91 Å². The van der Waals surface area contributed by atoms with Crippen molar-refractivity contribution >= 4 is 16.8 Å². The van der Waals surface area contributed by atoms with Crippen molar-refractivity contribution in [3.63, 3.8) is 0 Å². The normalized spacial score (nSPS) is 10.7. The molecule has 0 fully saturated rings. The van der Waals surface area contributed by atoms with Gasteiger partial charge in [-0.1, -0.05) is 31.2 Å². The Balaban J connectivity index is 1.88. The second kappa shape index (κ2) is 7.67. The lowest BCUT2D eigenvalue weighted by Gasteiger charge is -2.20. The van der Waals surface area contributed by atoms with E-state index in [2.05, 4.69) is 42.9 Å². The molecule has 1 aromatic heterocycles. The van der Waals surface area contributed by atoms with Crippen molar-refractivity contribution in [2.45, 2.75) is 32.6 Å². The zero-order chi connectivity index (χ0) is 15.1. The maximum atomic E-state index is 12.2. The van der Waals surface area contributed by atoms with Crippen LogP contribution in [0.5, 0.6) is 0 Å². The molecule has 0 aliphatic carbocycles. The number of aromatic amines is 1. The van der Waals surface area contributed by atoms with Crippen LogP contribution in [0, 0.1) is 0 Å². The summed E-state index contributed by atoms with van der Waals surface area (Å²) in [5.74, 6) is 0.233. The lowest BCUT2D eigenvalue weighted by atomic mass is 10.1. The number of benzene rings is 1. The Morgan fingerprint density at radius 2 is 2.19 bits per heavy atom. The van der Waals surface area contributed by atoms with Gasteiger partial charge in [-0.3, -0.25) is 4.79 Å². The molecule has 112 valence electrons. The maximum Gasteiger partial charge on any atom is 0.222 e. The third-order valence-electron chi connectivity index (χ3n) is 3.71. The molecule has 0 atom stereocenters. The first kappa shape index (κ1) is 15.4. The number of carbonyl (C=O) groups excluding carboxylic acids is 1. The first-order valence-corrected chi connectivity index (χ1v) is 7.70. The maximum absolute atomic E-state index is 12.2. The molecule has 1 amide bonds. The van der Waals surface area contributed by atoms with Crippen molar-refractivity contribution in [1.29, 1.82) is 0 Å². The highest BCUT2D eigenvalue weighted by atomic mass is 16.2. The minimum absolute atomic E-state index is 0.233. The number of carbonyl (C=O) groups is 1. The van der Waals surface area contributed by atoms with Crippen LogP contribution in [0.4, 0.5) is 0 Å². The summed E-state index contributed by atoms with van der Waals surface area (Å²) >= 11 is 0. The number of aryl methyl sites for hydroxylation is 1. The number of amides is 1. The summed E-state index contributed by atoms with van der Waals surface area (Å²) in [7, 11) is 0. The molecule has 3 nitrogen and oxygen atoms in total. The molecule has 0 saturated carbocycles. The van der Waals surface area contributed by atoms with E-state index in [4.69, 9.17) is 0 Å². The zero-order valence-corrected chi connectivity index (χ0v) is 12.8. The van der Waals surface area contributed by atoms with Crippen LogP contribution in [0.15, 0.2) is 43.1 Å². The second-order valence-corrected chi connectivity index (χ2v) is 5.34. The minimum Gasteiger partial charge on any atom is -0.361 e. The van der Waals surface area contributed by atoms with E-state index in [0.29, 0.717) is 13.0 Å². The van der Waals surface area contributed by atoms with E-state index in [1.54, 1.807) is 6.08 Å². The van der Waals surface area contributed by atoms with E-state index < -0.39 is 0 Å². The van der Waals surface area contributed by atoms with Gasteiger partial charge in [-0.2, -0.15) is 0 Å². The Labute approximate surface area is 126 Å². The predicted molar refractivity (Wildman–Crippen MR) is 88.3 cm³/mol. The van der Waals surface area contributed by atoms with E-state index in [1.165, 1.54) is 10.9 Å². The van der Waals surface area contributed by atoms with Gasteiger partial charge in [-0.15, -0.1) is 6.58 Å². The van der Waals surface area contributed by atoms with E-state index in [9.17, 15) is 4.79 Å². The Morgan fingerprint density at radius 1 is 1.38 bits per heavy atom. The monoisotopic (exact) mass is 284 g/mol. The quantitative estimate of drug-likeness (QED) is 0.733. The molecule has 0 aliphatic heterocycles. The van der Waals surface area contributed by atoms with Gasteiger partial charge >= 0.3 is 0 Å². The number of hydrogen-bond donors (Lipinski definition) is 1. The summed E-state index contributed by atoms with van der Waals surface area (Å²) < 4.78 is 0. The molecule has 3 heteroatoms. The van der Waals surface area contributed by atoms with Crippen LogP contribution < -0.4 is 0 Å². The molecule has 0 unspecified atom stereocenters. The van der Waals surface area contributed by atoms with Crippen LogP contribution in [-0.2, 0) is 11.2 Å². The smallest absolute Gasteiger partial charge is 0.222 e. The van der Waals surface area contributed by atoms with Crippen LogP contribution >= 0.6 is 0 Å². The van der Waals surface area contributed by atoms with Gasteiger partial charge in [-0.05, 0) is 30.9 Å². The van der Waals surface area contributed by atoms with Gasteiger partial charge in [0, 0.05) is 36.6 Å². The summed E-state index contributed by atoms with van der Waals surface area (Å²) in [6.45, 7) is 7.28. The fraction of sp³-hybridized carbons (Fsp3) is 0.389. The van der Waals surface area contributed by atoms with Gasteiger partial charge in [0.2, 0.25) is 5.91 Å². The van der Waals surface area contributed by atoms with Gasteiger partial charge in [0.15, 0.2) is 0 Å². The molecular formula is C18H24N2O.